The molecule has 0 bridgehead atoms. The van der Waals surface area contributed by atoms with Crippen molar-refractivity contribution in [3.63, 3.8) is 0 Å². The first-order valence-electron chi connectivity index (χ1n) is 5.56. The molecule has 0 aromatic heterocycles. The minimum Gasteiger partial charge on any atom is -0.276 e. The molecule has 1 aliphatic heterocycles. The van der Waals surface area contributed by atoms with Gasteiger partial charge in [0.15, 0.2) is 0 Å². The average Bonchev–Trinajstić information content (AvgIpc) is 2.61. The van der Waals surface area contributed by atoms with E-state index in [1.807, 2.05) is 36.4 Å². The topological polar surface area (TPSA) is 29.5 Å². The molecule has 0 amide bonds. The maximum absolute atomic E-state index is 11.6. The maximum atomic E-state index is 11.6. The Labute approximate surface area is 99.2 Å². The predicted octanol–water partition coefficient (Wildman–Crippen LogP) is 1.92. The second-order valence-electron chi connectivity index (χ2n) is 4.30. The van der Waals surface area contributed by atoms with E-state index in [0.717, 1.165) is 6.42 Å². The highest BCUT2D eigenvalue weighted by molar-refractivity contribution is 7.78. The van der Waals surface area contributed by atoms with E-state index in [2.05, 4.69) is 12.1 Å². The number of hydrogen-bond donors (Lipinski definition) is 0. The van der Waals surface area contributed by atoms with Crippen molar-refractivity contribution in [2.45, 2.75) is 32.4 Å². The highest BCUT2D eigenvalue weighted by Crippen LogP contribution is 2.21. The normalized spacial score (nSPS) is 26.4. The summed E-state index contributed by atoms with van der Waals surface area (Å²) in [6.07, 6.45) is 0.894. The lowest BCUT2D eigenvalue weighted by Gasteiger charge is -2.23. The third-order valence-electron chi connectivity index (χ3n) is 2.72. The number of nitrogens with zero attached hydrogens (tertiary/aromatic N) is 1. The summed E-state index contributed by atoms with van der Waals surface area (Å²) in [7, 11) is 0. The highest BCUT2D eigenvalue weighted by Gasteiger charge is 2.34. The Kier molecular flexibility index (Phi) is 3.74. The molecule has 0 spiro atoms. The fourth-order valence-electron chi connectivity index (χ4n) is 2.02. The number of rotatable bonds is 3. The van der Waals surface area contributed by atoms with E-state index < -0.39 is 11.3 Å². The van der Waals surface area contributed by atoms with Gasteiger partial charge in [-0.25, -0.2) is 4.21 Å². The van der Waals surface area contributed by atoms with Crippen LogP contribution in [0.5, 0.6) is 0 Å². The van der Waals surface area contributed by atoms with Crippen LogP contribution in [0.15, 0.2) is 30.3 Å². The van der Waals surface area contributed by atoms with Crippen LogP contribution in [0.25, 0.3) is 0 Å². The quantitative estimate of drug-likeness (QED) is 0.806. The molecule has 0 N–H and O–H groups in total. The third-order valence-corrected chi connectivity index (χ3v) is 4.12. The highest BCUT2D eigenvalue weighted by atomic mass is 32.2. The molecule has 1 unspecified atom stereocenters. The average molecular weight is 239 g/mol. The molecule has 1 aromatic rings. The lowest BCUT2D eigenvalue weighted by molar-refractivity contribution is 0.281. The largest absolute Gasteiger partial charge is 0.276 e. The zero-order chi connectivity index (χ0) is 11.5. The van der Waals surface area contributed by atoms with Gasteiger partial charge in [-0.2, -0.15) is 4.31 Å². The minimum atomic E-state index is -1.26. The Balaban J connectivity index is 2.07. The summed E-state index contributed by atoms with van der Waals surface area (Å²) < 4.78 is 18.8. The van der Waals surface area contributed by atoms with Gasteiger partial charge >= 0.3 is 0 Å². The Hall–Kier alpha value is -0.710. The van der Waals surface area contributed by atoms with Crippen molar-refractivity contribution in [1.29, 1.82) is 0 Å². The van der Waals surface area contributed by atoms with Gasteiger partial charge in [-0.1, -0.05) is 30.3 Å². The summed E-state index contributed by atoms with van der Waals surface area (Å²) in [6.45, 7) is 4.65. The van der Waals surface area contributed by atoms with Crippen LogP contribution in [0.4, 0.5) is 0 Å². The van der Waals surface area contributed by atoms with Gasteiger partial charge in [0.05, 0.1) is 12.6 Å². The predicted molar refractivity (Wildman–Crippen MR) is 65.0 cm³/mol. The summed E-state index contributed by atoms with van der Waals surface area (Å²) in [5.74, 6) is 0. The van der Waals surface area contributed by atoms with Gasteiger partial charge in [0.1, 0.15) is 0 Å². The lowest BCUT2D eigenvalue weighted by Crippen LogP contribution is -2.38. The van der Waals surface area contributed by atoms with E-state index >= 15 is 0 Å². The molecule has 4 heteroatoms. The first kappa shape index (κ1) is 11.8. The van der Waals surface area contributed by atoms with E-state index in [0.29, 0.717) is 6.61 Å². The SMILES string of the molecule is CC(C)N1[C@@H](Cc2ccccc2)COS1=O. The molecule has 1 aliphatic rings. The molecule has 2 atom stereocenters. The van der Waals surface area contributed by atoms with E-state index in [-0.39, 0.29) is 12.1 Å². The zero-order valence-corrected chi connectivity index (χ0v) is 10.4. The van der Waals surface area contributed by atoms with Crippen molar-refractivity contribution in [1.82, 2.24) is 4.31 Å². The van der Waals surface area contributed by atoms with Crippen LogP contribution in [-0.4, -0.2) is 27.2 Å². The summed E-state index contributed by atoms with van der Waals surface area (Å²) in [5, 5.41) is 0. The Morgan fingerprint density at radius 1 is 1.44 bits per heavy atom. The first-order valence-corrected chi connectivity index (χ1v) is 6.59. The molecule has 16 heavy (non-hydrogen) atoms. The molecular formula is C12H17NO2S. The van der Waals surface area contributed by atoms with E-state index in [1.165, 1.54) is 5.56 Å². The van der Waals surface area contributed by atoms with Crippen LogP contribution in [0, 0.1) is 0 Å². The van der Waals surface area contributed by atoms with Gasteiger partial charge in [-0.3, -0.25) is 4.18 Å². The van der Waals surface area contributed by atoms with Crippen LogP contribution in [0.1, 0.15) is 19.4 Å². The molecule has 88 valence electrons. The van der Waals surface area contributed by atoms with Crippen LogP contribution in [-0.2, 0) is 21.9 Å². The van der Waals surface area contributed by atoms with Gasteiger partial charge < -0.3 is 0 Å². The fourth-order valence-corrected chi connectivity index (χ4v) is 3.14. The van der Waals surface area contributed by atoms with Gasteiger partial charge in [-0.15, -0.1) is 0 Å². The zero-order valence-electron chi connectivity index (χ0n) is 9.63. The second kappa shape index (κ2) is 5.08. The summed E-state index contributed by atoms with van der Waals surface area (Å²) in [4.78, 5) is 0. The van der Waals surface area contributed by atoms with Gasteiger partial charge in [0, 0.05) is 6.04 Å². The van der Waals surface area contributed by atoms with Gasteiger partial charge in [0.25, 0.3) is 0 Å². The molecule has 3 nitrogen and oxygen atoms in total. The molecular weight excluding hydrogens is 222 g/mol. The van der Waals surface area contributed by atoms with Gasteiger partial charge in [0.2, 0.25) is 11.3 Å². The lowest BCUT2D eigenvalue weighted by atomic mass is 10.1. The van der Waals surface area contributed by atoms with Crippen molar-refractivity contribution in [2.75, 3.05) is 6.61 Å². The van der Waals surface area contributed by atoms with Crippen molar-refractivity contribution in [3.05, 3.63) is 35.9 Å². The third kappa shape index (κ3) is 2.51. The standard InChI is InChI=1S/C12H17NO2S/c1-10(2)13-12(9-15-16(13)14)8-11-6-4-3-5-7-11/h3-7,10,12H,8-9H2,1-2H3/t12-,16?/m0/s1. The van der Waals surface area contributed by atoms with Gasteiger partial charge in [-0.05, 0) is 25.8 Å². The Morgan fingerprint density at radius 2 is 2.12 bits per heavy atom. The minimum absolute atomic E-state index is 0.225. The molecule has 2 rings (SSSR count). The molecule has 1 aromatic carbocycles. The number of hydrogen-bond acceptors (Lipinski definition) is 2. The smallest absolute Gasteiger partial charge is 0.237 e. The molecule has 1 saturated heterocycles. The van der Waals surface area contributed by atoms with Crippen molar-refractivity contribution in [3.8, 4) is 0 Å². The van der Waals surface area contributed by atoms with E-state index in [9.17, 15) is 4.21 Å². The van der Waals surface area contributed by atoms with Crippen LogP contribution >= 0.6 is 0 Å². The first-order chi connectivity index (χ1) is 7.68. The Bertz CT molecular complexity index is 367. The van der Waals surface area contributed by atoms with Crippen molar-refractivity contribution in [2.24, 2.45) is 0 Å². The summed E-state index contributed by atoms with van der Waals surface area (Å²) in [5.41, 5.74) is 1.26. The van der Waals surface area contributed by atoms with Crippen molar-refractivity contribution >= 4 is 11.3 Å². The van der Waals surface area contributed by atoms with Crippen LogP contribution in [0.2, 0.25) is 0 Å². The molecule has 0 radical (unpaired) electrons. The summed E-state index contributed by atoms with van der Waals surface area (Å²) >= 11 is -1.26. The monoisotopic (exact) mass is 239 g/mol. The summed E-state index contributed by atoms with van der Waals surface area (Å²) in [6, 6.07) is 10.7. The molecule has 0 aliphatic carbocycles. The molecule has 0 saturated carbocycles. The van der Waals surface area contributed by atoms with E-state index in [4.69, 9.17) is 4.18 Å². The fraction of sp³-hybridized carbons (Fsp3) is 0.500. The number of benzene rings is 1. The maximum Gasteiger partial charge on any atom is 0.237 e. The molecule has 1 fully saturated rings. The van der Waals surface area contributed by atoms with Crippen LogP contribution < -0.4 is 0 Å². The van der Waals surface area contributed by atoms with Crippen LogP contribution in [0.3, 0.4) is 0 Å². The van der Waals surface area contributed by atoms with E-state index in [1.54, 1.807) is 0 Å². The second-order valence-corrected chi connectivity index (χ2v) is 5.39. The Morgan fingerprint density at radius 3 is 2.75 bits per heavy atom. The molecule has 1 heterocycles. The van der Waals surface area contributed by atoms with Crippen molar-refractivity contribution < 1.29 is 8.39 Å².